The lowest BCUT2D eigenvalue weighted by molar-refractivity contribution is -0.123. The summed E-state index contributed by atoms with van der Waals surface area (Å²) < 4.78 is 0. The number of carbonyl (C=O) groups excluding carboxylic acids is 1. The van der Waals surface area contributed by atoms with E-state index in [2.05, 4.69) is 19.2 Å². The lowest BCUT2D eigenvalue weighted by Crippen LogP contribution is -2.39. The molecule has 1 aromatic rings. The minimum atomic E-state index is -0.581. The Morgan fingerprint density at radius 1 is 1.16 bits per heavy atom. The molecule has 1 rings (SSSR count). The summed E-state index contributed by atoms with van der Waals surface area (Å²) in [4.78, 5) is 12.0. The number of rotatable bonds is 6. The summed E-state index contributed by atoms with van der Waals surface area (Å²) in [5.41, 5.74) is 8.01. The molecular weight excluding hydrogens is 236 g/mol. The van der Waals surface area contributed by atoms with Gasteiger partial charge in [0.1, 0.15) is 6.04 Å². The fraction of sp³-hybridized carbons (Fsp3) is 0.562. The van der Waals surface area contributed by atoms with E-state index in [-0.39, 0.29) is 11.9 Å². The maximum Gasteiger partial charge on any atom is 0.241 e. The zero-order valence-corrected chi connectivity index (χ0v) is 12.4. The fourth-order valence-corrected chi connectivity index (χ4v) is 1.91. The Hall–Kier alpha value is -1.35. The van der Waals surface area contributed by atoms with Crippen molar-refractivity contribution in [2.45, 2.75) is 52.6 Å². The van der Waals surface area contributed by atoms with Crippen LogP contribution in [-0.4, -0.2) is 11.9 Å². The first-order chi connectivity index (χ1) is 8.90. The van der Waals surface area contributed by atoms with Crippen molar-refractivity contribution in [3.63, 3.8) is 0 Å². The first kappa shape index (κ1) is 15.7. The Labute approximate surface area is 116 Å². The number of carbonyl (C=O) groups is 1. The van der Waals surface area contributed by atoms with Crippen LogP contribution in [0.3, 0.4) is 0 Å². The summed E-state index contributed by atoms with van der Waals surface area (Å²) in [5.74, 6) is 0.560. The van der Waals surface area contributed by atoms with Crippen molar-refractivity contribution in [2.24, 2.45) is 11.7 Å². The van der Waals surface area contributed by atoms with Crippen molar-refractivity contribution in [2.75, 3.05) is 0 Å². The molecule has 1 aromatic carbocycles. The third-order valence-electron chi connectivity index (χ3n) is 3.28. The second-order valence-corrected chi connectivity index (χ2v) is 5.77. The lowest BCUT2D eigenvalue weighted by Gasteiger charge is -2.18. The van der Waals surface area contributed by atoms with E-state index in [9.17, 15) is 4.79 Å². The molecule has 3 heteroatoms. The third-order valence-corrected chi connectivity index (χ3v) is 3.28. The highest BCUT2D eigenvalue weighted by atomic mass is 16.2. The number of benzene rings is 1. The lowest BCUT2D eigenvalue weighted by atomic mass is 10.0. The largest absolute Gasteiger partial charge is 0.352 e. The standard InChI is InChI=1S/C16H26N2O/c1-11(2)5-8-13(4)18-16(19)15(17)14-9-6-12(3)7-10-14/h6-7,9-11,13,15H,5,8,17H2,1-4H3,(H,18,19). The molecule has 0 saturated heterocycles. The van der Waals surface area contributed by atoms with Gasteiger partial charge < -0.3 is 11.1 Å². The highest BCUT2D eigenvalue weighted by Gasteiger charge is 2.17. The van der Waals surface area contributed by atoms with Gasteiger partial charge in [-0.1, -0.05) is 43.7 Å². The van der Waals surface area contributed by atoms with Gasteiger partial charge in [-0.05, 0) is 38.2 Å². The highest BCUT2D eigenvalue weighted by molar-refractivity contribution is 5.83. The monoisotopic (exact) mass is 262 g/mol. The average molecular weight is 262 g/mol. The predicted molar refractivity (Wildman–Crippen MR) is 79.8 cm³/mol. The van der Waals surface area contributed by atoms with Gasteiger partial charge in [0, 0.05) is 6.04 Å². The van der Waals surface area contributed by atoms with Crippen molar-refractivity contribution in [3.8, 4) is 0 Å². The molecule has 0 spiro atoms. The first-order valence-corrected chi connectivity index (χ1v) is 7.02. The van der Waals surface area contributed by atoms with Crippen LogP contribution in [0.2, 0.25) is 0 Å². The molecule has 2 atom stereocenters. The van der Waals surface area contributed by atoms with Crippen LogP contribution in [0, 0.1) is 12.8 Å². The molecular formula is C16H26N2O. The molecule has 0 bridgehead atoms. The zero-order chi connectivity index (χ0) is 14.4. The van der Waals surface area contributed by atoms with Gasteiger partial charge >= 0.3 is 0 Å². The molecule has 1 amide bonds. The van der Waals surface area contributed by atoms with Crippen LogP contribution in [-0.2, 0) is 4.79 Å². The smallest absolute Gasteiger partial charge is 0.241 e. The number of nitrogens with one attached hydrogen (secondary N) is 1. The Bertz CT molecular complexity index is 398. The minimum absolute atomic E-state index is 0.0971. The third kappa shape index (κ3) is 5.43. The Balaban J connectivity index is 2.50. The molecule has 0 aliphatic heterocycles. The van der Waals surface area contributed by atoms with E-state index in [0.717, 1.165) is 18.4 Å². The summed E-state index contributed by atoms with van der Waals surface area (Å²) in [6.45, 7) is 8.42. The van der Waals surface area contributed by atoms with E-state index < -0.39 is 6.04 Å². The van der Waals surface area contributed by atoms with Gasteiger partial charge in [0.05, 0.1) is 0 Å². The van der Waals surface area contributed by atoms with Crippen molar-refractivity contribution in [1.29, 1.82) is 0 Å². The SMILES string of the molecule is Cc1ccc(C(N)C(=O)NC(C)CCC(C)C)cc1. The molecule has 19 heavy (non-hydrogen) atoms. The number of amides is 1. The molecule has 0 aliphatic carbocycles. The maximum atomic E-state index is 12.0. The van der Waals surface area contributed by atoms with Crippen molar-refractivity contribution >= 4 is 5.91 Å². The number of nitrogens with two attached hydrogens (primary N) is 1. The van der Waals surface area contributed by atoms with Gasteiger partial charge in [-0.15, -0.1) is 0 Å². The van der Waals surface area contributed by atoms with Crippen LogP contribution >= 0.6 is 0 Å². The number of hydrogen-bond acceptors (Lipinski definition) is 2. The number of aryl methyl sites for hydroxylation is 1. The Morgan fingerprint density at radius 3 is 2.26 bits per heavy atom. The van der Waals surface area contributed by atoms with E-state index in [1.807, 2.05) is 38.1 Å². The van der Waals surface area contributed by atoms with Gasteiger partial charge in [0.2, 0.25) is 5.91 Å². The van der Waals surface area contributed by atoms with Crippen LogP contribution < -0.4 is 11.1 Å². The zero-order valence-electron chi connectivity index (χ0n) is 12.4. The van der Waals surface area contributed by atoms with E-state index in [0.29, 0.717) is 5.92 Å². The second kappa shape index (κ2) is 7.29. The molecule has 2 unspecified atom stereocenters. The molecule has 0 fully saturated rings. The topological polar surface area (TPSA) is 55.1 Å². The van der Waals surface area contributed by atoms with E-state index in [1.165, 1.54) is 5.56 Å². The normalized spacial score (nSPS) is 14.2. The summed E-state index contributed by atoms with van der Waals surface area (Å²) in [6, 6.07) is 7.37. The van der Waals surface area contributed by atoms with Gasteiger partial charge in [-0.2, -0.15) is 0 Å². The quantitative estimate of drug-likeness (QED) is 0.828. The van der Waals surface area contributed by atoms with E-state index in [1.54, 1.807) is 0 Å². The first-order valence-electron chi connectivity index (χ1n) is 7.02. The molecule has 0 aliphatic rings. The molecule has 3 nitrogen and oxygen atoms in total. The molecule has 0 radical (unpaired) electrons. The summed E-state index contributed by atoms with van der Waals surface area (Å²) in [7, 11) is 0. The highest BCUT2D eigenvalue weighted by Crippen LogP contribution is 2.13. The minimum Gasteiger partial charge on any atom is -0.352 e. The second-order valence-electron chi connectivity index (χ2n) is 5.77. The van der Waals surface area contributed by atoms with Gasteiger partial charge in [-0.3, -0.25) is 4.79 Å². The molecule has 106 valence electrons. The van der Waals surface area contributed by atoms with Gasteiger partial charge in [-0.25, -0.2) is 0 Å². The van der Waals surface area contributed by atoms with E-state index in [4.69, 9.17) is 5.73 Å². The van der Waals surface area contributed by atoms with Gasteiger partial charge in [0.25, 0.3) is 0 Å². The summed E-state index contributed by atoms with van der Waals surface area (Å²) in [5, 5.41) is 2.98. The van der Waals surface area contributed by atoms with Gasteiger partial charge in [0.15, 0.2) is 0 Å². The Morgan fingerprint density at radius 2 is 1.74 bits per heavy atom. The average Bonchev–Trinajstić information content (AvgIpc) is 2.36. The van der Waals surface area contributed by atoms with Crippen molar-refractivity contribution < 1.29 is 4.79 Å². The van der Waals surface area contributed by atoms with Crippen LogP contribution in [0.15, 0.2) is 24.3 Å². The molecule has 0 aromatic heterocycles. The fourth-order valence-electron chi connectivity index (χ4n) is 1.91. The molecule has 0 saturated carbocycles. The molecule has 3 N–H and O–H groups in total. The van der Waals surface area contributed by atoms with Crippen molar-refractivity contribution in [1.82, 2.24) is 5.32 Å². The van der Waals surface area contributed by atoms with E-state index >= 15 is 0 Å². The molecule has 0 heterocycles. The maximum absolute atomic E-state index is 12.0. The van der Waals surface area contributed by atoms with Crippen molar-refractivity contribution in [3.05, 3.63) is 35.4 Å². The Kier molecular flexibility index (Phi) is 6.03. The van der Waals surface area contributed by atoms with Crippen LogP contribution in [0.25, 0.3) is 0 Å². The predicted octanol–water partition coefficient (Wildman–Crippen LogP) is 2.94. The van der Waals surface area contributed by atoms with Crippen LogP contribution in [0.1, 0.15) is 50.8 Å². The van der Waals surface area contributed by atoms with Crippen LogP contribution in [0.4, 0.5) is 0 Å². The van der Waals surface area contributed by atoms with Crippen LogP contribution in [0.5, 0.6) is 0 Å². The summed E-state index contributed by atoms with van der Waals surface area (Å²) in [6.07, 6.45) is 2.10. The summed E-state index contributed by atoms with van der Waals surface area (Å²) >= 11 is 0. The number of hydrogen-bond donors (Lipinski definition) is 2.